The smallest absolute Gasteiger partial charge is 0.434 e. The summed E-state index contributed by atoms with van der Waals surface area (Å²) in [5, 5.41) is 10.1. The molecule has 0 atom stereocenters. The van der Waals surface area contributed by atoms with Crippen LogP contribution in [0.15, 0.2) is 0 Å². The first-order valence-corrected chi connectivity index (χ1v) is 7.67. The van der Waals surface area contributed by atoms with Gasteiger partial charge < -0.3 is 9.47 Å². The number of hydroxylamine groups is 2. The van der Waals surface area contributed by atoms with Gasteiger partial charge in [0.25, 0.3) is 0 Å². The van der Waals surface area contributed by atoms with Gasteiger partial charge in [0.05, 0.1) is 6.54 Å². The molecule has 1 aliphatic carbocycles. The third-order valence-corrected chi connectivity index (χ3v) is 3.21. The molecule has 1 rings (SSSR count). The van der Waals surface area contributed by atoms with Crippen LogP contribution in [0.1, 0.15) is 65.7 Å². The van der Waals surface area contributed by atoms with E-state index in [0.29, 0.717) is 24.3 Å². The van der Waals surface area contributed by atoms with Gasteiger partial charge in [0.15, 0.2) is 0 Å². The van der Waals surface area contributed by atoms with Gasteiger partial charge in [-0.15, -0.1) is 0 Å². The van der Waals surface area contributed by atoms with Crippen molar-refractivity contribution in [2.24, 2.45) is 0 Å². The number of rotatable bonds is 6. The number of carbonyl (C=O) groups is 2. The molecule has 21 heavy (non-hydrogen) atoms. The summed E-state index contributed by atoms with van der Waals surface area (Å²) in [5.74, 6) is -0.191. The Labute approximate surface area is 126 Å². The number of esters is 1. The normalized spacial score (nSPS) is 15.8. The SMILES string of the molecule is CC(C)(C)OC(=O)N(O)CCCCC(=O)OC1CCCC1. The Balaban J connectivity index is 2.09. The Kier molecular flexibility index (Phi) is 6.95. The Hall–Kier alpha value is -1.30. The van der Waals surface area contributed by atoms with E-state index in [-0.39, 0.29) is 18.6 Å². The molecule has 0 saturated heterocycles. The number of nitrogens with zero attached hydrogens (tertiary/aromatic N) is 1. The predicted octanol–water partition coefficient (Wildman–Crippen LogP) is 3.27. The monoisotopic (exact) mass is 301 g/mol. The van der Waals surface area contributed by atoms with Gasteiger partial charge in [0.1, 0.15) is 11.7 Å². The quantitative estimate of drug-likeness (QED) is 0.353. The van der Waals surface area contributed by atoms with Crippen LogP contribution in [0.25, 0.3) is 0 Å². The van der Waals surface area contributed by atoms with Crippen molar-refractivity contribution in [3.8, 4) is 0 Å². The Morgan fingerprint density at radius 1 is 1.19 bits per heavy atom. The van der Waals surface area contributed by atoms with E-state index in [2.05, 4.69) is 0 Å². The molecule has 1 amide bonds. The Morgan fingerprint density at radius 3 is 2.38 bits per heavy atom. The maximum atomic E-state index is 11.6. The van der Waals surface area contributed by atoms with Crippen molar-refractivity contribution in [2.75, 3.05) is 6.54 Å². The van der Waals surface area contributed by atoms with E-state index in [4.69, 9.17) is 9.47 Å². The number of carbonyl (C=O) groups excluding carboxylic acids is 2. The van der Waals surface area contributed by atoms with E-state index < -0.39 is 11.7 Å². The van der Waals surface area contributed by atoms with Crippen LogP contribution in [-0.2, 0) is 14.3 Å². The molecule has 0 aromatic rings. The summed E-state index contributed by atoms with van der Waals surface area (Å²) in [5.41, 5.74) is -0.636. The fourth-order valence-corrected chi connectivity index (χ4v) is 2.19. The van der Waals surface area contributed by atoms with E-state index >= 15 is 0 Å². The van der Waals surface area contributed by atoms with Gasteiger partial charge in [-0.3, -0.25) is 10.0 Å². The van der Waals surface area contributed by atoms with Gasteiger partial charge in [0.2, 0.25) is 0 Å². The van der Waals surface area contributed by atoms with Crippen molar-refractivity contribution in [3.63, 3.8) is 0 Å². The lowest BCUT2D eigenvalue weighted by Gasteiger charge is -2.23. The van der Waals surface area contributed by atoms with Gasteiger partial charge in [-0.2, -0.15) is 5.06 Å². The van der Waals surface area contributed by atoms with E-state index in [1.165, 1.54) is 0 Å². The van der Waals surface area contributed by atoms with Crippen molar-refractivity contribution < 1.29 is 24.3 Å². The summed E-state index contributed by atoms with van der Waals surface area (Å²) in [6, 6.07) is 0. The Bertz CT molecular complexity index is 344. The highest BCUT2D eigenvalue weighted by atomic mass is 16.6. The van der Waals surface area contributed by atoms with Crippen molar-refractivity contribution in [2.45, 2.75) is 77.4 Å². The van der Waals surface area contributed by atoms with Gasteiger partial charge in [-0.25, -0.2) is 4.79 Å². The molecule has 0 aromatic heterocycles. The standard InChI is InChI=1S/C15H27NO5/c1-15(2,3)21-14(18)16(19)11-7-6-10-13(17)20-12-8-4-5-9-12/h12,19H,4-11H2,1-3H3. The predicted molar refractivity (Wildman–Crippen MR) is 76.9 cm³/mol. The summed E-state index contributed by atoms with van der Waals surface area (Å²) in [4.78, 5) is 23.1. The molecule has 0 heterocycles. The van der Waals surface area contributed by atoms with Crippen molar-refractivity contribution >= 4 is 12.1 Å². The molecule has 6 nitrogen and oxygen atoms in total. The van der Waals surface area contributed by atoms with Gasteiger partial charge in [-0.1, -0.05) is 0 Å². The molecule has 122 valence electrons. The summed E-state index contributed by atoms with van der Waals surface area (Å²) >= 11 is 0. The van der Waals surface area contributed by atoms with Crippen molar-refractivity contribution in [1.29, 1.82) is 0 Å². The summed E-state index contributed by atoms with van der Waals surface area (Å²) < 4.78 is 10.3. The number of hydrogen-bond acceptors (Lipinski definition) is 5. The van der Waals surface area contributed by atoms with Gasteiger partial charge in [-0.05, 0) is 59.3 Å². The maximum absolute atomic E-state index is 11.6. The highest BCUT2D eigenvalue weighted by Gasteiger charge is 2.21. The lowest BCUT2D eigenvalue weighted by molar-refractivity contribution is -0.149. The molecule has 0 aromatic carbocycles. The average molecular weight is 301 g/mol. The molecular weight excluding hydrogens is 274 g/mol. The summed E-state index contributed by atoms with van der Waals surface area (Å²) in [6.45, 7) is 5.35. The van der Waals surface area contributed by atoms with Crippen LogP contribution in [0.4, 0.5) is 4.79 Å². The molecular formula is C15H27NO5. The Morgan fingerprint density at radius 2 is 1.81 bits per heavy atom. The number of amides is 1. The zero-order chi connectivity index (χ0) is 15.9. The van der Waals surface area contributed by atoms with Gasteiger partial charge >= 0.3 is 12.1 Å². The first-order chi connectivity index (χ1) is 9.78. The number of hydrogen-bond donors (Lipinski definition) is 1. The van der Waals surface area contributed by atoms with Crippen LogP contribution >= 0.6 is 0 Å². The third kappa shape index (κ3) is 7.90. The van der Waals surface area contributed by atoms with Crippen LogP contribution in [0.3, 0.4) is 0 Å². The van der Waals surface area contributed by atoms with E-state index in [9.17, 15) is 14.8 Å². The van der Waals surface area contributed by atoms with E-state index in [0.717, 1.165) is 25.7 Å². The number of ether oxygens (including phenoxy) is 2. The zero-order valence-electron chi connectivity index (χ0n) is 13.3. The molecule has 0 aliphatic heterocycles. The van der Waals surface area contributed by atoms with Crippen LogP contribution in [0.2, 0.25) is 0 Å². The van der Waals surface area contributed by atoms with Crippen LogP contribution < -0.4 is 0 Å². The first kappa shape index (κ1) is 17.8. The molecule has 0 spiro atoms. The topological polar surface area (TPSA) is 76.1 Å². The van der Waals surface area contributed by atoms with Crippen molar-refractivity contribution in [1.82, 2.24) is 5.06 Å². The molecule has 1 saturated carbocycles. The lowest BCUT2D eigenvalue weighted by atomic mass is 10.2. The minimum absolute atomic E-state index is 0.0913. The molecule has 0 unspecified atom stereocenters. The van der Waals surface area contributed by atoms with Crippen molar-refractivity contribution in [3.05, 3.63) is 0 Å². The lowest BCUT2D eigenvalue weighted by Crippen LogP contribution is -2.35. The zero-order valence-corrected chi connectivity index (χ0v) is 13.3. The van der Waals surface area contributed by atoms with E-state index in [1.807, 2.05) is 0 Å². The fraction of sp³-hybridized carbons (Fsp3) is 0.867. The second-order valence-corrected chi connectivity index (χ2v) is 6.46. The minimum Gasteiger partial charge on any atom is -0.462 e. The summed E-state index contributed by atoms with van der Waals surface area (Å²) in [6.07, 6.45) is 4.94. The molecule has 0 radical (unpaired) electrons. The third-order valence-electron chi connectivity index (χ3n) is 3.21. The molecule has 0 bridgehead atoms. The van der Waals surface area contributed by atoms with Crippen LogP contribution in [0, 0.1) is 0 Å². The van der Waals surface area contributed by atoms with Crippen LogP contribution in [0.5, 0.6) is 0 Å². The molecule has 1 fully saturated rings. The highest BCUT2D eigenvalue weighted by molar-refractivity contribution is 5.69. The van der Waals surface area contributed by atoms with E-state index in [1.54, 1.807) is 20.8 Å². The summed E-state index contributed by atoms with van der Waals surface area (Å²) in [7, 11) is 0. The second kappa shape index (κ2) is 8.22. The highest BCUT2D eigenvalue weighted by Crippen LogP contribution is 2.21. The number of unbranched alkanes of at least 4 members (excludes halogenated alkanes) is 1. The maximum Gasteiger partial charge on any atom is 0.434 e. The van der Waals surface area contributed by atoms with Gasteiger partial charge in [0, 0.05) is 6.42 Å². The molecule has 1 aliphatic rings. The minimum atomic E-state index is -0.768. The largest absolute Gasteiger partial charge is 0.462 e. The van der Waals surface area contributed by atoms with Crippen LogP contribution in [-0.4, -0.2) is 40.6 Å². The molecule has 6 heteroatoms. The fourth-order valence-electron chi connectivity index (χ4n) is 2.19. The second-order valence-electron chi connectivity index (χ2n) is 6.46. The molecule has 1 N–H and O–H groups in total. The first-order valence-electron chi connectivity index (χ1n) is 7.67. The average Bonchev–Trinajstić information content (AvgIpc) is 2.85.